The van der Waals surface area contributed by atoms with E-state index in [2.05, 4.69) is 20.7 Å². The zero-order chi connectivity index (χ0) is 11.4. The summed E-state index contributed by atoms with van der Waals surface area (Å²) in [6.07, 6.45) is 1.76. The first-order chi connectivity index (χ1) is 7.75. The number of nitrogens with one attached hydrogen (secondary N) is 2. The van der Waals surface area contributed by atoms with E-state index in [-0.39, 0.29) is 0 Å². The van der Waals surface area contributed by atoms with Crippen LogP contribution in [0, 0.1) is 0 Å². The number of nitrogens with zero attached hydrogens (tertiary/aromatic N) is 2. The average molecular weight is 235 g/mol. The van der Waals surface area contributed by atoms with Crippen molar-refractivity contribution >= 4 is 23.0 Å². The van der Waals surface area contributed by atoms with Crippen molar-refractivity contribution in [3.8, 4) is 0 Å². The molecule has 0 aliphatic heterocycles. The molecule has 2 rings (SSSR count). The van der Waals surface area contributed by atoms with E-state index in [0.717, 1.165) is 17.1 Å². The molecule has 4 nitrogen and oxygen atoms in total. The van der Waals surface area contributed by atoms with Crippen molar-refractivity contribution in [1.29, 1.82) is 0 Å². The first-order valence-electron chi connectivity index (χ1n) is 4.82. The number of benzene rings is 1. The van der Waals surface area contributed by atoms with Crippen molar-refractivity contribution in [2.24, 2.45) is 5.10 Å². The Morgan fingerprint density at radius 3 is 2.69 bits per heavy atom. The molecule has 0 spiro atoms. The zero-order valence-corrected chi connectivity index (χ0v) is 9.49. The highest BCUT2D eigenvalue weighted by Crippen LogP contribution is 2.13. The molecular weight excluding hydrogens is 224 g/mol. The molecule has 2 aromatic rings. The van der Waals surface area contributed by atoms with Crippen molar-refractivity contribution in [3.05, 3.63) is 47.2 Å². The minimum Gasteiger partial charge on any atom is -0.285 e. The van der Waals surface area contributed by atoms with Crippen LogP contribution in [0.15, 0.2) is 41.6 Å². The van der Waals surface area contributed by atoms with Crippen LogP contribution in [-0.2, 0) is 0 Å². The summed E-state index contributed by atoms with van der Waals surface area (Å²) in [5.41, 5.74) is 5.46. The van der Waals surface area contributed by atoms with E-state index in [1.807, 2.05) is 37.3 Å². The first-order valence-corrected chi connectivity index (χ1v) is 5.19. The molecular formula is C11H11ClN4. The summed E-state index contributed by atoms with van der Waals surface area (Å²) >= 11 is 5.78. The highest BCUT2D eigenvalue weighted by Gasteiger charge is 1.98. The van der Waals surface area contributed by atoms with Crippen LogP contribution in [-0.4, -0.2) is 15.9 Å². The van der Waals surface area contributed by atoms with Crippen LogP contribution in [0.2, 0.25) is 5.02 Å². The number of H-pyrrole nitrogens is 1. The van der Waals surface area contributed by atoms with Crippen molar-refractivity contribution in [2.45, 2.75) is 6.92 Å². The third-order valence-electron chi connectivity index (χ3n) is 2.07. The van der Waals surface area contributed by atoms with Gasteiger partial charge in [-0.05, 0) is 37.3 Å². The van der Waals surface area contributed by atoms with Crippen LogP contribution < -0.4 is 5.43 Å². The molecule has 0 aliphatic rings. The number of rotatable bonds is 3. The summed E-state index contributed by atoms with van der Waals surface area (Å²) in [5, 5.41) is 11.7. The Morgan fingerprint density at radius 1 is 1.31 bits per heavy atom. The van der Waals surface area contributed by atoms with Gasteiger partial charge < -0.3 is 0 Å². The predicted molar refractivity (Wildman–Crippen MR) is 65.9 cm³/mol. The molecule has 0 amide bonds. The number of halogens is 1. The summed E-state index contributed by atoms with van der Waals surface area (Å²) in [4.78, 5) is 0. The third-order valence-corrected chi connectivity index (χ3v) is 2.32. The minimum atomic E-state index is 0.707. The van der Waals surface area contributed by atoms with Gasteiger partial charge in [0.1, 0.15) is 5.69 Å². The molecule has 1 aromatic heterocycles. The number of hydrazone groups is 1. The highest BCUT2D eigenvalue weighted by molar-refractivity contribution is 6.30. The fraction of sp³-hybridized carbons (Fsp3) is 0.0909. The zero-order valence-electron chi connectivity index (χ0n) is 8.74. The fourth-order valence-corrected chi connectivity index (χ4v) is 1.32. The second kappa shape index (κ2) is 4.81. The molecule has 0 fully saturated rings. The standard InChI is InChI=1S/C11H11ClN4/c1-8(11-6-7-13-16-11)14-15-10-4-2-9(12)3-5-10/h2-7,15H,1H3,(H,13,16)/b14-8+. The SMILES string of the molecule is C/C(=N\Nc1ccc(Cl)cc1)c1cc[nH]n1. The lowest BCUT2D eigenvalue weighted by Crippen LogP contribution is -2.00. The van der Waals surface area contributed by atoms with Gasteiger partial charge in [0.25, 0.3) is 0 Å². The predicted octanol–water partition coefficient (Wildman–Crippen LogP) is 2.90. The first kappa shape index (κ1) is 10.7. The quantitative estimate of drug-likeness (QED) is 0.634. The Hall–Kier alpha value is -1.81. The van der Waals surface area contributed by atoms with Crippen molar-refractivity contribution in [2.75, 3.05) is 5.43 Å². The molecule has 16 heavy (non-hydrogen) atoms. The van der Waals surface area contributed by atoms with Gasteiger partial charge >= 0.3 is 0 Å². The number of hydrogen-bond acceptors (Lipinski definition) is 3. The van der Waals surface area contributed by atoms with Gasteiger partial charge in [0.05, 0.1) is 11.4 Å². The molecule has 0 saturated carbocycles. The van der Waals surface area contributed by atoms with E-state index >= 15 is 0 Å². The normalized spacial score (nSPS) is 11.5. The number of aromatic nitrogens is 2. The number of hydrogen-bond donors (Lipinski definition) is 2. The van der Waals surface area contributed by atoms with Crippen molar-refractivity contribution in [3.63, 3.8) is 0 Å². The Bertz CT molecular complexity index is 473. The van der Waals surface area contributed by atoms with Crippen molar-refractivity contribution < 1.29 is 0 Å². The van der Waals surface area contributed by atoms with Crippen LogP contribution in [0.4, 0.5) is 5.69 Å². The maximum absolute atomic E-state index is 5.78. The van der Waals surface area contributed by atoms with Gasteiger partial charge in [-0.3, -0.25) is 10.5 Å². The second-order valence-corrected chi connectivity index (χ2v) is 3.71. The van der Waals surface area contributed by atoms with E-state index in [1.54, 1.807) is 6.20 Å². The monoisotopic (exact) mass is 234 g/mol. The molecule has 5 heteroatoms. The Morgan fingerprint density at radius 2 is 2.06 bits per heavy atom. The van der Waals surface area contributed by atoms with Gasteiger partial charge in [0, 0.05) is 11.2 Å². The van der Waals surface area contributed by atoms with Crippen LogP contribution in [0.25, 0.3) is 0 Å². The van der Waals surface area contributed by atoms with Gasteiger partial charge in [-0.15, -0.1) is 0 Å². The van der Waals surface area contributed by atoms with Crippen LogP contribution in [0.1, 0.15) is 12.6 Å². The molecule has 0 radical (unpaired) electrons. The van der Waals surface area contributed by atoms with Crippen LogP contribution >= 0.6 is 11.6 Å². The molecule has 0 unspecified atom stereocenters. The number of anilines is 1. The Balaban J connectivity index is 2.06. The fourth-order valence-electron chi connectivity index (χ4n) is 1.19. The summed E-state index contributed by atoms with van der Waals surface area (Å²) < 4.78 is 0. The molecule has 0 bridgehead atoms. The van der Waals surface area contributed by atoms with E-state index in [9.17, 15) is 0 Å². The maximum Gasteiger partial charge on any atom is 0.108 e. The van der Waals surface area contributed by atoms with Gasteiger partial charge in [0.2, 0.25) is 0 Å². The van der Waals surface area contributed by atoms with Gasteiger partial charge in [-0.2, -0.15) is 10.2 Å². The minimum absolute atomic E-state index is 0.707. The van der Waals surface area contributed by atoms with E-state index in [4.69, 9.17) is 11.6 Å². The van der Waals surface area contributed by atoms with Crippen LogP contribution in [0.3, 0.4) is 0 Å². The van der Waals surface area contributed by atoms with E-state index in [1.165, 1.54) is 0 Å². The summed E-state index contributed by atoms with van der Waals surface area (Å²) in [5.74, 6) is 0. The van der Waals surface area contributed by atoms with Crippen LogP contribution in [0.5, 0.6) is 0 Å². The summed E-state index contributed by atoms with van der Waals surface area (Å²) in [6.45, 7) is 1.89. The van der Waals surface area contributed by atoms with E-state index < -0.39 is 0 Å². The van der Waals surface area contributed by atoms with Gasteiger partial charge in [0.15, 0.2) is 0 Å². The molecule has 1 aromatic carbocycles. The average Bonchev–Trinajstić information content (AvgIpc) is 2.81. The second-order valence-electron chi connectivity index (χ2n) is 3.28. The highest BCUT2D eigenvalue weighted by atomic mass is 35.5. The smallest absolute Gasteiger partial charge is 0.108 e. The maximum atomic E-state index is 5.78. The largest absolute Gasteiger partial charge is 0.285 e. The van der Waals surface area contributed by atoms with Gasteiger partial charge in [-0.1, -0.05) is 11.6 Å². The summed E-state index contributed by atoms with van der Waals surface area (Å²) in [6, 6.07) is 9.21. The molecule has 0 saturated heterocycles. The molecule has 0 aliphatic carbocycles. The summed E-state index contributed by atoms with van der Waals surface area (Å²) in [7, 11) is 0. The van der Waals surface area contributed by atoms with Gasteiger partial charge in [-0.25, -0.2) is 0 Å². The topological polar surface area (TPSA) is 53.1 Å². The lowest BCUT2D eigenvalue weighted by atomic mass is 10.3. The van der Waals surface area contributed by atoms with E-state index in [0.29, 0.717) is 5.02 Å². The Labute approximate surface area is 98.3 Å². The van der Waals surface area contributed by atoms with Crippen molar-refractivity contribution in [1.82, 2.24) is 10.2 Å². The molecule has 0 atom stereocenters. The molecule has 1 heterocycles. The lowest BCUT2D eigenvalue weighted by Gasteiger charge is -2.01. The number of aromatic amines is 1. The lowest BCUT2D eigenvalue weighted by molar-refractivity contribution is 1.08. The molecule has 2 N–H and O–H groups in total. The Kier molecular flexibility index (Phi) is 3.22. The molecule has 82 valence electrons. The third kappa shape index (κ3) is 2.61.